The van der Waals surface area contributed by atoms with Crippen LogP contribution in [0.2, 0.25) is 0 Å². The summed E-state index contributed by atoms with van der Waals surface area (Å²) in [6, 6.07) is -0.713. The van der Waals surface area contributed by atoms with Gasteiger partial charge in [0.2, 0.25) is 0 Å². The van der Waals surface area contributed by atoms with E-state index in [1.54, 1.807) is 35.0 Å². The summed E-state index contributed by atoms with van der Waals surface area (Å²) in [5, 5.41) is 18.1. The van der Waals surface area contributed by atoms with Gasteiger partial charge >= 0.3 is 5.97 Å². The minimum absolute atomic E-state index is 0.0208. The van der Waals surface area contributed by atoms with Gasteiger partial charge in [-0.25, -0.2) is 0 Å². The lowest BCUT2D eigenvalue weighted by molar-refractivity contribution is -0.864. The smallest absolute Gasteiger partial charge is 0.320 e. The summed E-state index contributed by atoms with van der Waals surface area (Å²) in [7, 11) is 5.40. The number of carbonyl (C=O) groups excluding carboxylic acids is 1. The van der Waals surface area contributed by atoms with Crippen LogP contribution < -0.4 is 10.8 Å². The van der Waals surface area contributed by atoms with Gasteiger partial charge in [-0.3, -0.25) is 4.79 Å². The van der Waals surface area contributed by atoms with E-state index in [1.165, 1.54) is 0 Å². The maximum absolute atomic E-state index is 10.0. The minimum Gasteiger partial charge on any atom is -0.544 e. The molecule has 0 aromatic carbocycles. The average Bonchev–Trinajstić information content (AvgIpc) is 1.98. The van der Waals surface area contributed by atoms with Gasteiger partial charge < -0.3 is 25.2 Å². The largest absolute Gasteiger partial charge is 0.544 e. The molecule has 0 saturated carbocycles. The molecule has 0 heterocycles. The molecule has 1 atom stereocenters. The average molecular weight is 234 g/mol. The number of likely N-dealkylation sites (N-methyl/N-ethyl adjacent to an activating group) is 1. The molecule has 0 amide bonds. The molecule has 16 heavy (non-hydrogen) atoms. The predicted octanol–water partition coefficient (Wildman–Crippen LogP) is -1.50. The first-order valence-electron chi connectivity index (χ1n) is 4.96. The third-order valence-electron chi connectivity index (χ3n) is 1.61. The lowest BCUT2D eigenvalue weighted by Crippen LogP contribution is -2.45. The number of carboxylic acids is 2. The number of aliphatic carboxylic acids is 2. The summed E-state index contributed by atoms with van der Waals surface area (Å²) in [5.41, 5.74) is 5.16. The van der Waals surface area contributed by atoms with Crippen LogP contribution in [0.4, 0.5) is 0 Å². The Morgan fingerprint density at radius 1 is 1.31 bits per heavy atom. The van der Waals surface area contributed by atoms with Crippen molar-refractivity contribution in [3.63, 3.8) is 0 Å². The highest BCUT2D eigenvalue weighted by atomic mass is 16.4. The van der Waals surface area contributed by atoms with Crippen molar-refractivity contribution in [1.82, 2.24) is 0 Å². The number of carboxylic acid groups (broad SMARTS) is 2. The molecule has 0 rings (SSSR count). The van der Waals surface area contributed by atoms with Crippen LogP contribution in [-0.2, 0) is 9.59 Å². The van der Waals surface area contributed by atoms with Crippen molar-refractivity contribution in [3.05, 3.63) is 0 Å². The number of carbonyl (C=O) groups is 2. The van der Waals surface area contributed by atoms with Gasteiger partial charge in [0, 0.05) is 0 Å². The Balaban J connectivity index is 0. The van der Waals surface area contributed by atoms with Gasteiger partial charge in [0.25, 0.3) is 0 Å². The minimum atomic E-state index is -1.00. The molecular formula is C10H22N2O4. The summed E-state index contributed by atoms with van der Waals surface area (Å²) in [6.45, 7) is 3.62. The van der Waals surface area contributed by atoms with Crippen LogP contribution in [0.3, 0.4) is 0 Å². The van der Waals surface area contributed by atoms with E-state index in [-0.39, 0.29) is 12.5 Å². The van der Waals surface area contributed by atoms with Gasteiger partial charge in [0.15, 0.2) is 0 Å². The molecule has 0 aliphatic rings. The highest BCUT2D eigenvalue weighted by Crippen LogP contribution is 1.96. The van der Waals surface area contributed by atoms with E-state index < -0.39 is 18.0 Å². The van der Waals surface area contributed by atoms with Crippen molar-refractivity contribution >= 4 is 11.9 Å². The molecule has 0 spiro atoms. The van der Waals surface area contributed by atoms with Gasteiger partial charge in [0.05, 0.1) is 27.1 Å². The Kier molecular flexibility index (Phi) is 7.75. The van der Waals surface area contributed by atoms with Gasteiger partial charge in [0.1, 0.15) is 12.6 Å². The first-order valence-corrected chi connectivity index (χ1v) is 4.96. The van der Waals surface area contributed by atoms with Crippen LogP contribution in [0.5, 0.6) is 0 Å². The van der Waals surface area contributed by atoms with Crippen LogP contribution in [0, 0.1) is 5.92 Å². The van der Waals surface area contributed by atoms with Gasteiger partial charge in [-0.15, -0.1) is 0 Å². The van der Waals surface area contributed by atoms with Gasteiger partial charge in [-0.05, 0) is 5.92 Å². The van der Waals surface area contributed by atoms with E-state index in [2.05, 4.69) is 0 Å². The lowest BCUT2D eigenvalue weighted by atomic mass is 10.1. The van der Waals surface area contributed by atoms with Crippen LogP contribution in [0.1, 0.15) is 13.8 Å². The van der Waals surface area contributed by atoms with E-state index >= 15 is 0 Å². The molecule has 0 saturated heterocycles. The number of quaternary nitrogens is 1. The van der Waals surface area contributed by atoms with Crippen molar-refractivity contribution in [2.45, 2.75) is 19.9 Å². The SMILES string of the molecule is CC(C)C(N)C(=O)O.C[N+](C)(C)CC(=O)[O-]. The van der Waals surface area contributed by atoms with Gasteiger partial charge in [-0.1, -0.05) is 13.8 Å². The number of hydrogen-bond acceptors (Lipinski definition) is 4. The Morgan fingerprint density at radius 2 is 1.69 bits per heavy atom. The van der Waals surface area contributed by atoms with Crippen molar-refractivity contribution in [2.24, 2.45) is 11.7 Å². The van der Waals surface area contributed by atoms with Gasteiger partial charge in [-0.2, -0.15) is 0 Å². The fourth-order valence-corrected chi connectivity index (χ4v) is 0.672. The van der Waals surface area contributed by atoms with Crippen molar-refractivity contribution in [1.29, 1.82) is 0 Å². The normalized spacial score (nSPS) is 12.7. The third kappa shape index (κ3) is 12.9. The standard InChI is InChI=1S/2C5H11NO2/c1-6(2,3)4-5(7)8;1-3(2)4(6)5(7)8/h4H2,1-3H3;3-4H,6H2,1-2H3,(H,7,8). The van der Waals surface area contributed by atoms with Crippen LogP contribution >= 0.6 is 0 Å². The number of rotatable bonds is 4. The Hall–Kier alpha value is -1.14. The van der Waals surface area contributed by atoms with E-state index in [0.29, 0.717) is 4.48 Å². The molecule has 6 heteroatoms. The van der Waals surface area contributed by atoms with Crippen molar-refractivity contribution in [2.75, 3.05) is 27.7 Å². The van der Waals surface area contributed by atoms with E-state index in [9.17, 15) is 14.7 Å². The van der Waals surface area contributed by atoms with E-state index in [0.717, 1.165) is 0 Å². The second kappa shape index (κ2) is 7.19. The number of nitrogens with zero attached hydrogens (tertiary/aromatic N) is 1. The molecule has 0 aromatic rings. The molecule has 0 aliphatic carbocycles. The molecule has 0 aliphatic heterocycles. The number of nitrogens with two attached hydrogens (primary N) is 1. The second-order valence-corrected chi connectivity index (χ2v) is 4.93. The fraction of sp³-hybridized carbons (Fsp3) is 0.800. The van der Waals surface area contributed by atoms with Crippen molar-refractivity contribution < 1.29 is 24.3 Å². The summed E-state index contributed by atoms with van der Waals surface area (Å²) in [6.07, 6.45) is 0. The highest BCUT2D eigenvalue weighted by molar-refractivity contribution is 5.73. The van der Waals surface area contributed by atoms with E-state index in [1.807, 2.05) is 0 Å². The lowest BCUT2D eigenvalue weighted by Gasteiger charge is -2.23. The summed E-state index contributed by atoms with van der Waals surface area (Å²) >= 11 is 0. The zero-order chi connectivity index (χ0) is 13.5. The fourth-order valence-electron chi connectivity index (χ4n) is 0.672. The summed E-state index contributed by atoms with van der Waals surface area (Å²) in [4.78, 5) is 19.9. The van der Waals surface area contributed by atoms with Crippen molar-refractivity contribution in [3.8, 4) is 0 Å². The Bertz CT molecular complexity index is 233. The molecular weight excluding hydrogens is 212 g/mol. The third-order valence-corrected chi connectivity index (χ3v) is 1.61. The van der Waals surface area contributed by atoms with Crippen LogP contribution in [-0.4, -0.2) is 55.3 Å². The molecule has 96 valence electrons. The molecule has 3 N–H and O–H groups in total. The summed E-state index contributed by atoms with van der Waals surface area (Å²) < 4.78 is 0.419. The molecule has 0 radical (unpaired) electrons. The maximum Gasteiger partial charge on any atom is 0.320 e. The van der Waals surface area contributed by atoms with Crippen LogP contribution in [0.25, 0.3) is 0 Å². The molecule has 6 nitrogen and oxygen atoms in total. The summed E-state index contributed by atoms with van der Waals surface area (Å²) in [5.74, 6) is -1.91. The molecule has 0 aromatic heterocycles. The maximum atomic E-state index is 10.0. The molecule has 0 fully saturated rings. The zero-order valence-corrected chi connectivity index (χ0v) is 10.6. The van der Waals surface area contributed by atoms with E-state index in [4.69, 9.17) is 10.8 Å². The first-order chi connectivity index (χ1) is 6.97. The Labute approximate surface area is 96.3 Å². The predicted molar refractivity (Wildman–Crippen MR) is 58.4 cm³/mol. The monoisotopic (exact) mass is 234 g/mol. The quantitative estimate of drug-likeness (QED) is 0.576. The van der Waals surface area contributed by atoms with Crippen LogP contribution in [0.15, 0.2) is 0 Å². The molecule has 1 unspecified atom stereocenters. The Morgan fingerprint density at radius 3 is 1.69 bits per heavy atom. The first kappa shape index (κ1) is 17.3. The zero-order valence-electron chi connectivity index (χ0n) is 10.6. The topological polar surface area (TPSA) is 103 Å². The second-order valence-electron chi connectivity index (χ2n) is 4.93. The highest BCUT2D eigenvalue weighted by Gasteiger charge is 2.14. The molecule has 0 bridgehead atoms. The number of hydrogen-bond donors (Lipinski definition) is 2.